The maximum atomic E-state index is 13.1. The maximum Gasteiger partial charge on any atom is 0.326 e. The number of hydrogen-bond donors (Lipinski definition) is 3. The summed E-state index contributed by atoms with van der Waals surface area (Å²) in [7, 11) is 0. The SMILES string of the molecule is O=C(O)[C@H](Cc1ccccc1F)N(O)O. The molecule has 0 aliphatic rings. The molecule has 1 aromatic rings. The molecular weight excluding hydrogens is 205 g/mol. The van der Waals surface area contributed by atoms with Gasteiger partial charge in [-0.15, -0.1) is 0 Å². The van der Waals surface area contributed by atoms with E-state index in [2.05, 4.69) is 0 Å². The number of halogens is 1. The molecular formula is C9H10FNO4. The minimum absolute atomic E-state index is 0.109. The maximum absolute atomic E-state index is 13.1. The fourth-order valence-corrected chi connectivity index (χ4v) is 1.14. The Labute approximate surface area is 84.9 Å². The van der Waals surface area contributed by atoms with E-state index in [4.69, 9.17) is 15.5 Å². The Balaban J connectivity index is 2.84. The first kappa shape index (κ1) is 11.6. The zero-order valence-corrected chi connectivity index (χ0v) is 7.67. The van der Waals surface area contributed by atoms with Crippen LogP contribution in [-0.2, 0) is 11.2 Å². The molecule has 0 unspecified atom stereocenters. The molecule has 6 heteroatoms. The Morgan fingerprint density at radius 2 is 2.00 bits per heavy atom. The molecule has 0 heterocycles. The van der Waals surface area contributed by atoms with Crippen molar-refractivity contribution in [2.75, 3.05) is 0 Å². The highest BCUT2D eigenvalue weighted by molar-refractivity contribution is 5.73. The van der Waals surface area contributed by atoms with E-state index in [1.807, 2.05) is 0 Å². The molecule has 0 aliphatic carbocycles. The van der Waals surface area contributed by atoms with Crippen molar-refractivity contribution in [2.45, 2.75) is 12.5 Å². The summed E-state index contributed by atoms with van der Waals surface area (Å²) in [6.07, 6.45) is -0.324. The van der Waals surface area contributed by atoms with Crippen molar-refractivity contribution in [1.29, 1.82) is 0 Å². The lowest BCUT2D eigenvalue weighted by molar-refractivity contribution is -0.327. The highest BCUT2D eigenvalue weighted by Gasteiger charge is 2.24. The fraction of sp³-hybridized carbons (Fsp3) is 0.222. The summed E-state index contributed by atoms with van der Waals surface area (Å²) in [5.74, 6) is -2.02. The van der Waals surface area contributed by atoms with Crippen LogP contribution >= 0.6 is 0 Å². The van der Waals surface area contributed by atoms with Gasteiger partial charge >= 0.3 is 5.97 Å². The molecule has 1 atom stereocenters. The van der Waals surface area contributed by atoms with Gasteiger partial charge in [-0.1, -0.05) is 23.4 Å². The van der Waals surface area contributed by atoms with Gasteiger partial charge in [0, 0.05) is 6.42 Å². The van der Waals surface area contributed by atoms with Gasteiger partial charge in [0.15, 0.2) is 6.04 Å². The molecule has 3 N–H and O–H groups in total. The molecule has 1 aromatic carbocycles. The van der Waals surface area contributed by atoms with Crippen LogP contribution in [0.1, 0.15) is 5.56 Å². The predicted octanol–water partition coefficient (Wildman–Crippen LogP) is 0.902. The van der Waals surface area contributed by atoms with Crippen LogP contribution in [0.2, 0.25) is 0 Å². The summed E-state index contributed by atoms with van der Waals surface area (Å²) in [5.41, 5.74) is 0.109. The Bertz CT molecular complexity index is 356. The van der Waals surface area contributed by atoms with Crippen LogP contribution in [0.5, 0.6) is 0 Å². The summed E-state index contributed by atoms with van der Waals surface area (Å²) >= 11 is 0. The summed E-state index contributed by atoms with van der Waals surface area (Å²) < 4.78 is 13.1. The van der Waals surface area contributed by atoms with Crippen LogP contribution in [0.3, 0.4) is 0 Å². The number of carbonyl (C=O) groups is 1. The Morgan fingerprint density at radius 1 is 1.40 bits per heavy atom. The lowest BCUT2D eigenvalue weighted by atomic mass is 10.1. The molecule has 0 aromatic heterocycles. The summed E-state index contributed by atoms with van der Waals surface area (Å²) in [6.45, 7) is 0. The van der Waals surface area contributed by atoms with E-state index >= 15 is 0 Å². The second-order valence-corrected chi connectivity index (χ2v) is 2.97. The van der Waals surface area contributed by atoms with Crippen molar-refractivity contribution in [3.05, 3.63) is 35.6 Å². The summed E-state index contributed by atoms with van der Waals surface area (Å²) in [4.78, 5) is 10.6. The molecule has 0 aliphatic heterocycles. The van der Waals surface area contributed by atoms with Crippen molar-refractivity contribution in [1.82, 2.24) is 5.23 Å². The van der Waals surface area contributed by atoms with E-state index in [-0.39, 0.29) is 12.0 Å². The van der Waals surface area contributed by atoms with Crippen molar-refractivity contribution in [3.8, 4) is 0 Å². The van der Waals surface area contributed by atoms with Gasteiger partial charge in [0.25, 0.3) is 0 Å². The van der Waals surface area contributed by atoms with Crippen molar-refractivity contribution < 1.29 is 24.7 Å². The first-order chi connectivity index (χ1) is 7.02. The Kier molecular flexibility index (Phi) is 3.73. The normalized spacial score (nSPS) is 12.8. The summed E-state index contributed by atoms with van der Waals surface area (Å²) in [6, 6.07) is 3.98. The van der Waals surface area contributed by atoms with E-state index in [0.717, 1.165) is 0 Å². The lowest BCUT2D eigenvalue weighted by Gasteiger charge is -2.16. The number of aliphatic carboxylic acids is 1. The van der Waals surface area contributed by atoms with Crippen molar-refractivity contribution in [3.63, 3.8) is 0 Å². The van der Waals surface area contributed by atoms with Gasteiger partial charge in [-0.2, -0.15) is 0 Å². The molecule has 0 saturated heterocycles. The highest BCUT2D eigenvalue weighted by atomic mass is 19.1. The molecule has 0 amide bonds. The molecule has 15 heavy (non-hydrogen) atoms. The van der Waals surface area contributed by atoms with Gasteiger partial charge in [0.2, 0.25) is 0 Å². The number of hydroxylamine groups is 2. The number of rotatable bonds is 4. The molecule has 0 spiro atoms. The molecule has 5 nitrogen and oxygen atoms in total. The van der Waals surface area contributed by atoms with Crippen molar-refractivity contribution >= 4 is 5.97 Å². The van der Waals surface area contributed by atoms with Gasteiger partial charge in [-0.25, -0.2) is 4.39 Å². The monoisotopic (exact) mass is 215 g/mol. The zero-order chi connectivity index (χ0) is 11.4. The first-order valence-electron chi connectivity index (χ1n) is 4.15. The Morgan fingerprint density at radius 3 is 2.47 bits per heavy atom. The van der Waals surface area contributed by atoms with E-state index < -0.39 is 23.1 Å². The van der Waals surface area contributed by atoms with Crippen molar-refractivity contribution in [2.24, 2.45) is 0 Å². The molecule has 0 saturated carbocycles. The average molecular weight is 215 g/mol. The predicted molar refractivity (Wildman–Crippen MR) is 46.9 cm³/mol. The molecule has 0 fully saturated rings. The summed E-state index contributed by atoms with van der Waals surface area (Å²) in [5, 5.41) is 25.4. The smallest absolute Gasteiger partial charge is 0.326 e. The average Bonchev–Trinajstić information content (AvgIpc) is 2.15. The number of nitrogens with zero attached hydrogens (tertiary/aromatic N) is 1. The fourth-order valence-electron chi connectivity index (χ4n) is 1.14. The molecule has 82 valence electrons. The van der Waals surface area contributed by atoms with Crippen LogP contribution in [0.15, 0.2) is 24.3 Å². The van der Waals surface area contributed by atoms with Crippen LogP contribution in [0.4, 0.5) is 4.39 Å². The van der Waals surface area contributed by atoms with Gasteiger partial charge in [0.05, 0.1) is 0 Å². The number of carboxylic acids is 1. The quantitative estimate of drug-likeness (QED) is 0.650. The zero-order valence-electron chi connectivity index (χ0n) is 7.67. The minimum Gasteiger partial charge on any atom is -0.480 e. The minimum atomic E-state index is -1.58. The largest absolute Gasteiger partial charge is 0.480 e. The van der Waals surface area contributed by atoms with Crippen LogP contribution in [-0.4, -0.2) is 32.8 Å². The third-order valence-electron chi connectivity index (χ3n) is 1.93. The molecule has 1 rings (SSSR count). The van der Waals surface area contributed by atoms with Gasteiger partial charge in [-0.3, -0.25) is 15.2 Å². The topological polar surface area (TPSA) is 81.0 Å². The first-order valence-corrected chi connectivity index (χ1v) is 4.15. The third-order valence-corrected chi connectivity index (χ3v) is 1.93. The van der Waals surface area contributed by atoms with E-state index in [1.54, 1.807) is 0 Å². The van der Waals surface area contributed by atoms with Crippen LogP contribution in [0.25, 0.3) is 0 Å². The van der Waals surface area contributed by atoms with Crippen LogP contribution in [0, 0.1) is 5.82 Å². The highest BCUT2D eigenvalue weighted by Crippen LogP contribution is 2.11. The molecule has 0 radical (unpaired) electrons. The van der Waals surface area contributed by atoms with E-state index in [1.165, 1.54) is 24.3 Å². The second kappa shape index (κ2) is 4.83. The van der Waals surface area contributed by atoms with Gasteiger partial charge < -0.3 is 5.11 Å². The standard InChI is InChI=1S/C9H10FNO4/c10-7-4-2-1-3-6(7)5-8(9(12)13)11(14)15/h1-4,8,14-15H,5H2,(H,12,13)/t8-/m0/s1. The lowest BCUT2D eigenvalue weighted by Crippen LogP contribution is -2.38. The molecule has 0 bridgehead atoms. The van der Waals surface area contributed by atoms with E-state index in [9.17, 15) is 9.18 Å². The van der Waals surface area contributed by atoms with Gasteiger partial charge in [-0.05, 0) is 11.6 Å². The number of carboxylic acid groups (broad SMARTS) is 1. The van der Waals surface area contributed by atoms with Crippen LogP contribution < -0.4 is 0 Å². The number of hydrogen-bond acceptors (Lipinski definition) is 4. The Hall–Kier alpha value is -1.50. The second-order valence-electron chi connectivity index (χ2n) is 2.97. The van der Waals surface area contributed by atoms with E-state index in [0.29, 0.717) is 0 Å². The number of benzene rings is 1. The third kappa shape index (κ3) is 2.98. The van der Waals surface area contributed by atoms with Gasteiger partial charge in [0.1, 0.15) is 5.82 Å².